The molecule has 1 N–H and O–H groups in total. The average Bonchev–Trinajstić information content (AvgIpc) is 2.27. The molecule has 0 aliphatic rings. The minimum absolute atomic E-state index is 0.310. The summed E-state index contributed by atoms with van der Waals surface area (Å²) in [4.78, 5) is 20.9. The van der Waals surface area contributed by atoms with E-state index in [1.807, 2.05) is 6.07 Å². The highest BCUT2D eigenvalue weighted by molar-refractivity contribution is 7.99. The molecule has 0 aromatic carbocycles. The number of carbonyl (C=O) groups excluding carboxylic acids is 1. The zero-order chi connectivity index (χ0) is 11.1. The number of hydrogen-bond acceptors (Lipinski definition) is 5. The van der Waals surface area contributed by atoms with Crippen LogP contribution in [-0.2, 0) is 4.84 Å². The first-order valence-corrected chi connectivity index (χ1v) is 5.73. The van der Waals surface area contributed by atoms with Crippen LogP contribution in [0.2, 0.25) is 0 Å². The Kier molecular flexibility index (Phi) is 5.14. The second kappa shape index (κ2) is 6.42. The van der Waals surface area contributed by atoms with Gasteiger partial charge in [0.15, 0.2) is 0 Å². The molecular formula is C10H14N2O2S. The van der Waals surface area contributed by atoms with Crippen LogP contribution < -0.4 is 5.48 Å². The van der Waals surface area contributed by atoms with Crippen molar-refractivity contribution in [2.75, 3.05) is 12.8 Å². The van der Waals surface area contributed by atoms with Gasteiger partial charge in [-0.2, -0.15) is 5.48 Å². The summed E-state index contributed by atoms with van der Waals surface area (Å²) in [6, 6.07) is 3.54. The number of hydroxylamine groups is 1. The van der Waals surface area contributed by atoms with E-state index in [0.717, 1.165) is 17.1 Å². The van der Waals surface area contributed by atoms with Gasteiger partial charge in [0, 0.05) is 18.1 Å². The fourth-order valence-corrected chi connectivity index (χ4v) is 1.68. The molecule has 0 atom stereocenters. The number of pyridine rings is 1. The van der Waals surface area contributed by atoms with Gasteiger partial charge in [0.1, 0.15) is 5.69 Å². The van der Waals surface area contributed by atoms with Gasteiger partial charge < -0.3 is 4.84 Å². The Balaban J connectivity index is 2.59. The van der Waals surface area contributed by atoms with Gasteiger partial charge in [0.25, 0.3) is 0 Å². The molecule has 1 aromatic heterocycles. The van der Waals surface area contributed by atoms with Crippen LogP contribution in [0.5, 0.6) is 0 Å². The lowest BCUT2D eigenvalue weighted by Crippen LogP contribution is -2.16. The van der Waals surface area contributed by atoms with Gasteiger partial charge in [-0.3, -0.25) is 0 Å². The summed E-state index contributed by atoms with van der Waals surface area (Å²) in [5.74, 6) is 0.590. The van der Waals surface area contributed by atoms with Crippen LogP contribution in [0.4, 0.5) is 0 Å². The summed E-state index contributed by atoms with van der Waals surface area (Å²) in [6.45, 7) is 2.12. The second-order valence-electron chi connectivity index (χ2n) is 2.82. The second-order valence-corrected chi connectivity index (χ2v) is 3.99. The van der Waals surface area contributed by atoms with Crippen molar-refractivity contribution in [3.63, 3.8) is 0 Å². The van der Waals surface area contributed by atoms with Crippen LogP contribution in [0, 0.1) is 0 Å². The maximum absolute atomic E-state index is 11.2. The van der Waals surface area contributed by atoms with Crippen LogP contribution in [0.1, 0.15) is 23.8 Å². The number of rotatable bonds is 5. The van der Waals surface area contributed by atoms with Crippen molar-refractivity contribution in [2.24, 2.45) is 0 Å². The van der Waals surface area contributed by atoms with Crippen molar-refractivity contribution in [2.45, 2.75) is 18.2 Å². The molecule has 82 valence electrons. The Bertz CT molecular complexity index is 314. The highest BCUT2D eigenvalue weighted by Crippen LogP contribution is 2.17. The molecule has 1 heterocycles. The number of carbonyl (C=O) groups is 1. The predicted molar refractivity (Wildman–Crippen MR) is 59.7 cm³/mol. The normalized spacial score (nSPS) is 10.0. The van der Waals surface area contributed by atoms with E-state index in [1.54, 1.807) is 24.0 Å². The summed E-state index contributed by atoms with van der Waals surface area (Å²) in [5.41, 5.74) is 2.63. The first kappa shape index (κ1) is 12.0. The van der Waals surface area contributed by atoms with Crippen molar-refractivity contribution in [1.29, 1.82) is 0 Å². The van der Waals surface area contributed by atoms with E-state index in [2.05, 4.69) is 22.2 Å². The molecule has 0 aliphatic carbocycles. The molecule has 0 saturated heterocycles. The number of nitrogens with one attached hydrogen (secondary N) is 1. The van der Waals surface area contributed by atoms with Gasteiger partial charge in [-0.1, -0.05) is 6.92 Å². The van der Waals surface area contributed by atoms with Crippen LogP contribution >= 0.6 is 11.8 Å². The standard InChI is InChI=1S/C10H14N2O2S/c1-3-6-15-8-4-5-9(12-7-8)10(13)14-11-2/h4-5,7,11H,3,6H2,1-2H3. The number of hydrogen-bond donors (Lipinski definition) is 1. The van der Waals surface area contributed by atoms with Crippen LogP contribution in [0.25, 0.3) is 0 Å². The maximum atomic E-state index is 11.2. The van der Waals surface area contributed by atoms with Crippen molar-refractivity contribution in [3.05, 3.63) is 24.0 Å². The minimum atomic E-state index is -0.468. The quantitative estimate of drug-likeness (QED) is 0.613. The predicted octanol–water partition coefficient (Wildman–Crippen LogP) is 1.87. The lowest BCUT2D eigenvalue weighted by Gasteiger charge is -2.02. The summed E-state index contributed by atoms with van der Waals surface area (Å²) in [7, 11) is 1.53. The van der Waals surface area contributed by atoms with E-state index < -0.39 is 5.97 Å². The number of aromatic nitrogens is 1. The Morgan fingerprint density at radius 2 is 2.40 bits per heavy atom. The van der Waals surface area contributed by atoms with Crippen molar-refractivity contribution in [3.8, 4) is 0 Å². The molecule has 0 bridgehead atoms. The van der Waals surface area contributed by atoms with Gasteiger partial charge in [0.05, 0.1) is 0 Å². The lowest BCUT2D eigenvalue weighted by molar-refractivity contribution is 0.0302. The first-order chi connectivity index (χ1) is 7.27. The molecule has 0 amide bonds. The van der Waals surface area contributed by atoms with Gasteiger partial charge in [-0.15, -0.1) is 11.8 Å². The molecule has 5 heteroatoms. The molecular weight excluding hydrogens is 212 g/mol. The molecule has 0 aliphatic heterocycles. The molecule has 0 fully saturated rings. The van der Waals surface area contributed by atoms with Gasteiger partial charge in [-0.25, -0.2) is 9.78 Å². The topological polar surface area (TPSA) is 51.2 Å². The van der Waals surface area contributed by atoms with E-state index in [4.69, 9.17) is 0 Å². The molecule has 0 spiro atoms. The average molecular weight is 226 g/mol. The Hall–Kier alpha value is -1.07. The largest absolute Gasteiger partial charge is 0.375 e. The summed E-state index contributed by atoms with van der Waals surface area (Å²) in [5, 5.41) is 0. The summed E-state index contributed by atoms with van der Waals surface area (Å²) >= 11 is 1.72. The van der Waals surface area contributed by atoms with Gasteiger partial charge in [-0.05, 0) is 24.3 Å². The zero-order valence-electron chi connectivity index (χ0n) is 8.82. The molecule has 0 radical (unpaired) electrons. The molecule has 0 unspecified atom stereocenters. The SMILES string of the molecule is CCCSc1ccc(C(=O)ONC)nc1. The summed E-state index contributed by atoms with van der Waals surface area (Å²) in [6.07, 6.45) is 2.81. The first-order valence-electron chi connectivity index (χ1n) is 4.74. The van der Waals surface area contributed by atoms with E-state index in [9.17, 15) is 4.79 Å². The van der Waals surface area contributed by atoms with E-state index in [1.165, 1.54) is 7.05 Å². The Morgan fingerprint density at radius 1 is 1.60 bits per heavy atom. The minimum Gasteiger partial charge on any atom is -0.366 e. The van der Waals surface area contributed by atoms with E-state index in [-0.39, 0.29) is 0 Å². The Labute approximate surface area is 93.4 Å². The highest BCUT2D eigenvalue weighted by atomic mass is 32.2. The Morgan fingerprint density at radius 3 is 2.93 bits per heavy atom. The highest BCUT2D eigenvalue weighted by Gasteiger charge is 2.07. The van der Waals surface area contributed by atoms with Crippen LogP contribution in [0.3, 0.4) is 0 Å². The maximum Gasteiger partial charge on any atom is 0.375 e. The van der Waals surface area contributed by atoms with Crippen LogP contribution in [0.15, 0.2) is 23.2 Å². The zero-order valence-corrected chi connectivity index (χ0v) is 9.63. The summed E-state index contributed by atoms with van der Waals surface area (Å²) < 4.78 is 0. The third-order valence-electron chi connectivity index (χ3n) is 1.61. The molecule has 15 heavy (non-hydrogen) atoms. The van der Waals surface area contributed by atoms with Gasteiger partial charge in [0.2, 0.25) is 0 Å². The third-order valence-corrected chi connectivity index (χ3v) is 2.80. The molecule has 4 nitrogen and oxygen atoms in total. The van der Waals surface area contributed by atoms with E-state index in [0.29, 0.717) is 5.69 Å². The molecule has 0 saturated carbocycles. The van der Waals surface area contributed by atoms with Crippen LogP contribution in [-0.4, -0.2) is 23.8 Å². The van der Waals surface area contributed by atoms with Crippen molar-refractivity contribution >= 4 is 17.7 Å². The fraction of sp³-hybridized carbons (Fsp3) is 0.400. The molecule has 1 rings (SSSR count). The van der Waals surface area contributed by atoms with E-state index >= 15 is 0 Å². The molecule has 1 aromatic rings. The van der Waals surface area contributed by atoms with Crippen molar-refractivity contribution < 1.29 is 9.63 Å². The number of thioether (sulfide) groups is 1. The lowest BCUT2D eigenvalue weighted by atomic mass is 10.4. The monoisotopic (exact) mass is 226 g/mol. The third kappa shape index (κ3) is 3.89. The van der Waals surface area contributed by atoms with Gasteiger partial charge >= 0.3 is 5.97 Å². The fourth-order valence-electron chi connectivity index (χ4n) is 0.951. The number of nitrogens with zero attached hydrogens (tertiary/aromatic N) is 1. The smallest absolute Gasteiger partial charge is 0.366 e. The van der Waals surface area contributed by atoms with Crippen molar-refractivity contribution in [1.82, 2.24) is 10.5 Å².